The number of nitrogens with two attached hydrogens (primary N) is 1. The fraction of sp³-hybridized carbons (Fsp3) is 0.473. The van der Waals surface area contributed by atoms with Crippen LogP contribution in [0.4, 0.5) is 31.4 Å². The molecule has 109 heavy (non-hydrogen) atoms. The zero-order valence-electron chi connectivity index (χ0n) is 61.1. The fourth-order valence-electron chi connectivity index (χ4n) is 12.2. The number of thiol groups is 1. The number of nitrogens with zero attached hydrogens (tertiary/aromatic N) is 4. The Labute approximate surface area is 651 Å². The van der Waals surface area contributed by atoms with Gasteiger partial charge in [-0.2, -0.15) is 12.6 Å². The van der Waals surface area contributed by atoms with Crippen molar-refractivity contribution in [3.05, 3.63) is 124 Å². The highest BCUT2D eigenvalue weighted by atomic mass is 35.5. The number of halogens is 2. The smallest absolute Gasteiger partial charge is 0.445 e. The largest absolute Gasteiger partial charge is 0.524 e. The van der Waals surface area contributed by atoms with Crippen molar-refractivity contribution in [1.82, 2.24) is 25.8 Å². The number of carbonyl (C=O) groups excluding carboxylic acids is 9. The summed E-state index contributed by atoms with van der Waals surface area (Å²) in [6.07, 6.45) is -1.19. The van der Waals surface area contributed by atoms with Crippen molar-refractivity contribution in [2.45, 2.75) is 64.0 Å². The van der Waals surface area contributed by atoms with E-state index in [1.54, 1.807) is 97.6 Å². The molecule has 35 heteroatoms. The molecule has 0 saturated heterocycles. The first-order chi connectivity index (χ1) is 52.4. The number of primary amides is 1. The van der Waals surface area contributed by atoms with E-state index < -0.39 is 61.6 Å². The molecular formula is C74H94Cl2N9O21PS2. The van der Waals surface area contributed by atoms with E-state index in [0.717, 1.165) is 22.5 Å². The SMILES string of the molecule is CC(C)C(NC(=O)CCOCCOCCOCCOCCOCCOCCNC(=O)CS)C(=O)CC(CCCNC(N)=O)C(=O)Nc1ccc(COC(=O)N(C)CCN(C)C(=O)Oc2cc3c(c4ccccc24)C(CCl)CN3C(=O)c2ccc(C(=O)N3CC(CCl)c4c3cc(OP(=O)(O)O)c3ccccc43)s2)cc1. The lowest BCUT2D eigenvalue weighted by molar-refractivity contribution is -0.131. The molecule has 5 aromatic carbocycles. The van der Waals surface area contributed by atoms with E-state index in [1.165, 1.54) is 34.9 Å². The van der Waals surface area contributed by atoms with Crippen molar-refractivity contribution < 1.29 is 99.9 Å². The summed E-state index contributed by atoms with van der Waals surface area (Å²) in [5, 5.41) is 13.2. The average Bonchev–Trinajstić information content (AvgIpc) is 1.62. The van der Waals surface area contributed by atoms with E-state index in [0.29, 0.717) is 117 Å². The molecule has 8 N–H and O–H groups in total. The summed E-state index contributed by atoms with van der Waals surface area (Å²) in [5.41, 5.74) is 8.55. The summed E-state index contributed by atoms with van der Waals surface area (Å²) in [5.74, 6) is -3.67. The summed E-state index contributed by atoms with van der Waals surface area (Å²) in [6, 6.07) is 25.2. The molecule has 0 spiro atoms. The molecule has 9 amide bonds. The molecule has 1 aromatic heterocycles. The van der Waals surface area contributed by atoms with E-state index in [1.807, 2.05) is 12.1 Å². The Hall–Kier alpha value is -8.21. The van der Waals surface area contributed by atoms with E-state index in [2.05, 4.69) is 33.9 Å². The van der Waals surface area contributed by atoms with E-state index in [9.17, 15) is 57.5 Å². The third kappa shape index (κ3) is 25.7. The van der Waals surface area contributed by atoms with Crippen LogP contribution >= 0.6 is 55.0 Å². The van der Waals surface area contributed by atoms with Gasteiger partial charge in [0, 0.05) is 124 Å². The maximum Gasteiger partial charge on any atom is 0.524 e. The van der Waals surface area contributed by atoms with Crippen molar-refractivity contribution >= 4 is 147 Å². The first-order valence-corrected chi connectivity index (χ1v) is 39.6. The van der Waals surface area contributed by atoms with Crippen LogP contribution in [0.1, 0.15) is 87.4 Å². The van der Waals surface area contributed by atoms with Crippen LogP contribution < -0.4 is 46.1 Å². The molecule has 30 nitrogen and oxygen atoms in total. The Morgan fingerprint density at radius 1 is 0.633 bits per heavy atom. The number of likely N-dealkylation sites (N-methyl/N-ethyl adjacent to an activating group) is 2. The Kier molecular flexibility index (Phi) is 34.4. The number of phosphoric ester groups is 1. The van der Waals surface area contributed by atoms with Gasteiger partial charge < -0.3 is 89.0 Å². The van der Waals surface area contributed by atoms with E-state index in [-0.39, 0.29) is 147 Å². The second-order valence-corrected chi connectivity index (χ2v) is 29.1. The van der Waals surface area contributed by atoms with Crippen LogP contribution in [0.5, 0.6) is 11.5 Å². The molecule has 4 atom stereocenters. The summed E-state index contributed by atoms with van der Waals surface area (Å²) < 4.78 is 61.8. The fourth-order valence-corrected chi connectivity index (χ4v) is 14.2. The second-order valence-electron chi connectivity index (χ2n) is 26.0. The minimum Gasteiger partial charge on any atom is -0.445 e. The number of alkyl halides is 2. The van der Waals surface area contributed by atoms with Gasteiger partial charge in [-0.25, -0.2) is 18.9 Å². The van der Waals surface area contributed by atoms with E-state index >= 15 is 0 Å². The van der Waals surface area contributed by atoms with Gasteiger partial charge in [0.05, 0.1) is 112 Å². The van der Waals surface area contributed by atoms with Gasteiger partial charge in [-0.3, -0.25) is 38.6 Å². The van der Waals surface area contributed by atoms with Crippen molar-refractivity contribution in [2.75, 3.05) is 165 Å². The molecule has 0 aliphatic carbocycles. The van der Waals surface area contributed by atoms with Crippen LogP contribution in [0.25, 0.3) is 21.5 Å². The minimum atomic E-state index is -5.01. The number of nitrogens with one attached hydrogen (secondary N) is 4. The number of hydrogen-bond donors (Lipinski definition) is 8. The number of hydrogen-bond acceptors (Lipinski definition) is 21. The second kappa shape index (κ2) is 43.4. The normalized spacial score (nSPS) is 14.4. The highest BCUT2D eigenvalue weighted by molar-refractivity contribution is 7.81. The molecule has 0 bridgehead atoms. The topological polar surface area (TPSA) is 381 Å². The van der Waals surface area contributed by atoms with Gasteiger partial charge in [0.1, 0.15) is 18.1 Å². The quantitative estimate of drug-likeness (QED) is 0.00765. The number of carbonyl (C=O) groups is 9. The highest BCUT2D eigenvalue weighted by Gasteiger charge is 2.40. The molecule has 2 aliphatic heterocycles. The van der Waals surface area contributed by atoms with Gasteiger partial charge in [0.25, 0.3) is 11.8 Å². The van der Waals surface area contributed by atoms with Crippen molar-refractivity contribution in [3.63, 3.8) is 0 Å². The van der Waals surface area contributed by atoms with Crippen molar-refractivity contribution in [3.8, 4) is 11.5 Å². The molecular weight excluding hydrogens is 1520 g/mol. The maximum atomic E-state index is 14.7. The van der Waals surface area contributed by atoms with Gasteiger partial charge in [-0.05, 0) is 70.5 Å². The van der Waals surface area contributed by atoms with Crippen LogP contribution in [0.15, 0.2) is 97.1 Å². The molecule has 8 rings (SSSR count). The lowest BCUT2D eigenvalue weighted by atomic mass is 9.89. The Morgan fingerprint density at radius 3 is 1.61 bits per heavy atom. The van der Waals surface area contributed by atoms with Gasteiger partial charge in [0.2, 0.25) is 17.7 Å². The minimum absolute atomic E-state index is 0.0159. The van der Waals surface area contributed by atoms with Crippen LogP contribution in [-0.4, -0.2) is 229 Å². The predicted octanol–water partition coefficient (Wildman–Crippen LogP) is 8.83. The lowest BCUT2D eigenvalue weighted by Crippen LogP contribution is -2.45. The van der Waals surface area contributed by atoms with Gasteiger partial charge in [-0.15, -0.1) is 34.5 Å². The number of anilines is 3. The first kappa shape index (κ1) is 86.4. The number of amides is 9. The number of rotatable bonds is 45. The molecule has 592 valence electrons. The first-order valence-electron chi connectivity index (χ1n) is 35.5. The van der Waals surface area contributed by atoms with Crippen LogP contribution in [0, 0.1) is 11.8 Å². The van der Waals surface area contributed by atoms with Crippen LogP contribution in [0.2, 0.25) is 0 Å². The predicted molar refractivity (Wildman–Crippen MR) is 415 cm³/mol. The van der Waals surface area contributed by atoms with Gasteiger partial charge >= 0.3 is 26.0 Å². The number of phosphoric acid groups is 1. The lowest BCUT2D eigenvalue weighted by Gasteiger charge is -2.24. The standard InChI is InChI=1S/C74H94Cl2N9O21PS2/c1-47(2)68(81-64(87)21-26-98-28-30-100-32-34-102-36-37-103-35-33-101-31-29-99-27-23-78-65(88)46-108)59(86)38-49(10-9-22-79-72(77)92)69(89)80-52-17-15-48(16-18-52)45-104-73(93)82(3)24-25-83(4)74(94)105-60-39-57-66(55-13-7-5-11-53(55)60)50(41-75)43-84(57)70(90)62-19-20-63(109-62)71(91)85-44-51(42-76)67-56-14-8-6-12-54(56)61(40-58(67)85)106-107(95,96)97/h5-8,11-20,39-40,47,49-51,68,108H,9-10,21-38,41-46H2,1-4H3,(H,78,88)(H,80,89)(H,81,87)(H3,77,79,92)(H2,95,96,97). The van der Waals surface area contributed by atoms with Gasteiger partial charge in [-0.1, -0.05) is 74.5 Å². The zero-order chi connectivity index (χ0) is 78.6. The number of fused-ring (bicyclic) bond motifs is 6. The number of thiophene rings is 1. The van der Waals surface area contributed by atoms with Crippen LogP contribution in [-0.2, 0) is 63.5 Å². The molecule has 2 aliphatic rings. The molecule has 3 heterocycles. The average molecular weight is 1610 g/mol. The summed E-state index contributed by atoms with van der Waals surface area (Å²) in [7, 11) is -2.00. The number of ether oxygens (including phenoxy) is 8. The van der Waals surface area contributed by atoms with Crippen LogP contribution in [0.3, 0.4) is 0 Å². The van der Waals surface area contributed by atoms with Crippen molar-refractivity contribution in [1.29, 1.82) is 0 Å². The Balaban J connectivity index is 0.764. The van der Waals surface area contributed by atoms with E-state index in [4.69, 9.17) is 71.4 Å². The molecule has 4 unspecified atom stereocenters. The van der Waals surface area contributed by atoms with Gasteiger partial charge in [0.15, 0.2) is 5.78 Å². The monoisotopic (exact) mass is 1610 g/mol. The third-order valence-electron chi connectivity index (χ3n) is 17.8. The number of ketones is 1. The highest BCUT2D eigenvalue weighted by Crippen LogP contribution is 2.50. The molecule has 6 aromatic rings. The number of Topliss-reactive ketones (excluding diaryl/α,β-unsaturated/α-hetero) is 1. The summed E-state index contributed by atoms with van der Waals surface area (Å²) in [6.45, 7) is 8.39. The molecule has 0 fully saturated rings. The number of benzene rings is 5. The summed E-state index contributed by atoms with van der Waals surface area (Å²) >= 11 is 18.0. The number of urea groups is 1. The summed E-state index contributed by atoms with van der Waals surface area (Å²) in [4.78, 5) is 145. The molecule has 0 radical (unpaired) electrons. The van der Waals surface area contributed by atoms with Crippen molar-refractivity contribution in [2.24, 2.45) is 17.6 Å². The molecule has 0 saturated carbocycles. The maximum absolute atomic E-state index is 14.7. The Bertz CT molecular complexity index is 4160. The Morgan fingerprint density at radius 2 is 1.12 bits per heavy atom. The zero-order valence-corrected chi connectivity index (χ0v) is 65.2. The third-order valence-corrected chi connectivity index (χ3v) is 20.3.